The van der Waals surface area contributed by atoms with E-state index in [1.807, 2.05) is 137 Å². The number of rotatable bonds is 5. The lowest BCUT2D eigenvalue weighted by Crippen LogP contribution is -2.45. The van der Waals surface area contributed by atoms with Crippen molar-refractivity contribution >= 4 is 34.7 Å². The number of anilines is 2. The van der Waals surface area contributed by atoms with Gasteiger partial charge in [0.2, 0.25) is 5.91 Å². The molecule has 2 aliphatic rings. The fourth-order valence-electron chi connectivity index (χ4n) is 6.77. The average Bonchev–Trinajstić information content (AvgIpc) is 3.61. The van der Waals surface area contributed by atoms with Crippen molar-refractivity contribution in [2.75, 3.05) is 10.2 Å². The number of benzene rings is 5. The van der Waals surface area contributed by atoms with Crippen LogP contribution in [-0.4, -0.2) is 15.7 Å². The molecule has 3 heterocycles. The molecule has 2 aliphatic heterocycles. The Kier molecular flexibility index (Phi) is 6.56. The first kappa shape index (κ1) is 27.6. The maximum atomic E-state index is 15.5. The lowest BCUT2D eigenvalue weighted by atomic mass is 9.66. The first-order valence-electron chi connectivity index (χ1n) is 15.0. The molecule has 1 atom stereocenters. The Balaban J connectivity index is 1.50. The Bertz CT molecular complexity index is 2190. The van der Waals surface area contributed by atoms with E-state index < -0.39 is 5.41 Å². The number of carbonyl (C=O) groups excluding carboxylic acids is 1. The predicted octanol–water partition coefficient (Wildman–Crippen LogP) is 8.39. The van der Waals surface area contributed by atoms with Gasteiger partial charge < -0.3 is 10.2 Å². The Morgan fingerprint density at radius 1 is 0.761 bits per heavy atom. The molecule has 220 valence electrons. The second kappa shape index (κ2) is 10.9. The monoisotopic (exact) mass is 615 g/mol. The largest absolute Gasteiger partial charge is 0.338 e. The van der Waals surface area contributed by atoms with Crippen LogP contribution >= 0.6 is 11.6 Å². The Morgan fingerprint density at radius 3 is 2.09 bits per heavy atom. The summed E-state index contributed by atoms with van der Waals surface area (Å²) in [5, 5.41) is 20.5. The molecule has 0 aliphatic carbocycles. The van der Waals surface area contributed by atoms with Gasteiger partial charge in [-0.15, -0.1) is 0 Å². The van der Waals surface area contributed by atoms with Crippen LogP contribution in [0.4, 0.5) is 11.5 Å². The number of amides is 1. The van der Waals surface area contributed by atoms with Crippen LogP contribution in [0.5, 0.6) is 0 Å². The molecule has 0 bridgehead atoms. The Morgan fingerprint density at radius 2 is 1.39 bits per heavy atom. The van der Waals surface area contributed by atoms with Gasteiger partial charge in [-0.05, 0) is 41.5 Å². The topological polar surface area (TPSA) is 74.0 Å². The second-order valence-corrected chi connectivity index (χ2v) is 11.8. The van der Waals surface area contributed by atoms with Crippen LogP contribution in [0.1, 0.15) is 22.3 Å². The fraction of sp³-hybridized carbons (Fsp3) is 0.0513. The predicted molar refractivity (Wildman–Crippen MR) is 181 cm³/mol. The van der Waals surface area contributed by atoms with E-state index in [1.165, 1.54) is 0 Å². The number of nitriles is 1. The van der Waals surface area contributed by atoms with Crippen molar-refractivity contribution < 1.29 is 4.79 Å². The summed E-state index contributed by atoms with van der Waals surface area (Å²) >= 11 is 6.31. The average molecular weight is 616 g/mol. The molecule has 1 spiro atoms. The summed E-state index contributed by atoms with van der Waals surface area (Å²) in [6.45, 7) is 0.351. The standard InChI is InChI=1S/C39H26ClN5O/c40-29-22-20-28(21-23-29)35-32(24-41)39(31-18-10-11-19-33(31)44(38(39)46)25-26-12-4-1-5-13-26)34-36(27-14-6-2-7-15-27)43-45(37(34)42-35)30-16-8-3-9-17-30/h1-23,42H,25H2. The zero-order valence-corrected chi connectivity index (χ0v) is 25.3. The smallest absolute Gasteiger partial charge is 0.248 e. The number of halogens is 1. The molecule has 7 heteroatoms. The lowest BCUT2D eigenvalue weighted by Gasteiger charge is -2.36. The summed E-state index contributed by atoms with van der Waals surface area (Å²) in [5.41, 5.74) is 5.50. The zero-order chi connectivity index (χ0) is 31.3. The Labute approximate surface area is 271 Å². The van der Waals surface area contributed by atoms with E-state index in [4.69, 9.17) is 16.7 Å². The van der Waals surface area contributed by atoms with Crippen LogP contribution in [0.25, 0.3) is 22.6 Å². The number of carbonyl (C=O) groups is 1. The van der Waals surface area contributed by atoms with Crippen molar-refractivity contribution in [1.82, 2.24) is 9.78 Å². The minimum absolute atomic E-state index is 0.201. The molecule has 5 aromatic carbocycles. The van der Waals surface area contributed by atoms with Crippen LogP contribution < -0.4 is 10.2 Å². The van der Waals surface area contributed by atoms with Crippen molar-refractivity contribution in [3.8, 4) is 23.0 Å². The van der Waals surface area contributed by atoms with Crippen molar-refractivity contribution in [2.45, 2.75) is 12.0 Å². The number of aromatic nitrogens is 2. The summed E-state index contributed by atoms with van der Waals surface area (Å²) in [7, 11) is 0. The van der Waals surface area contributed by atoms with Crippen LogP contribution in [0, 0.1) is 11.3 Å². The summed E-state index contributed by atoms with van der Waals surface area (Å²) < 4.78 is 1.85. The summed E-state index contributed by atoms with van der Waals surface area (Å²) in [4.78, 5) is 17.3. The van der Waals surface area contributed by atoms with Crippen molar-refractivity contribution in [1.29, 1.82) is 5.26 Å². The van der Waals surface area contributed by atoms with Gasteiger partial charge in [-0.25, -0.2) is 4.68 Å². The maximum Gasteiger partial charge on any atom is 0.248 e. The molecule has 46 heavy (non-hydrogen) atoms. The van der Waals surface area contributed by atoms with Crippen LogP contribution in [0.2, 0.25) is 5.02 Å². The highest BCUT2D eigenvalue weighted by Gasteiger charge is 2.60. The number of para-hydroxylation sites is 2. The minimum Gasteiger partial charge on any atom is -0.338 e. The third kappa shape index (κ3) is 4.10. The van der Waals surface area contributed by atoms with Crippen molar-refractivity contribution in [3.63, 3.8) is 0 Å². The third-order valence-corrected chi connectivity index (χ3v) is 9.02. The molecule has 0 saturated carbocycles. The van der Waals surface area contributed by atoms with E-state index in [-0.39, 0.29) is 5.91 Å². The van der Waals surface area contributed by atoms with E-state index in [0.29, 0.717) is 39.9 Å². The molecule has 1 aromatic heterocycles. The second-order valence-electron chi connectivity index (χ2n) is 11.3. The number of fused-ring (bicyclic) bond motifs is 4. The molecule has 6 aromatic rings. The first-order valence-corrected chi connectivity index (χ1v) is 15.4. The van der Waals surface area contributed by atoms with E-state index >= 15 is 4.79 Å². The van der Waals surface area contributed by atoms with Gasteiger partial charge in [-0.2, -0.15) is 10.4 Å². The molecule has 8 rings (SSSR count). The highest BCUT2D eigenvalue weighted by atomic mass is 35.5. The maximum absolute atomic E-state index is 15.5. The number of nitrogens with one attached hydrogen (secondary N) is 1. The normalized spacial score (nSPS) is 16.6. The zero-order valence-electron chi connectivity index (χ0n) is 24.6. The molecular weight excluding hydrogens is 590 g/mol. The lowest BCUT2D eigenvalue weighted by molar-refractivity contribution is -0.120. The van der Waals surface area contributed by atoms with Gasteiger partial charge in [0, 0.05) is 27.4 Å². The highest BCUT2D eigenvalue weighted by Crippen LogP contribution is 2.58. The number of hydrogen-bond acceptors (Lipinski definition) is 4. The quantitative estimate of drug-likeness (QED) is 0.211. The molecule has 0 saturated heterocycles. The minimum atomic E-state index is -1.49. The first-order chi connectivity index (χ1) is 22.6. The van der Waals surface area contributed by atoms with Gasteiger partial charge in [0.1, 0.15) is 11.2 Å². The molecule has 1 amide bonds. The van der Waals surface area contributed by atoms with Crippen LogP contribution in [0.3, 0.4) is 0 Å². The van der Waals surface area contributed by atoms with Gasteiger partial charge >= 0.3 is 0 Å². The van der Waals surface area contributed by atoms with Gasteiger partial charge in [0.05, 0.1) is 35.3 Å². The Hall–Kier alpha value is -5.90. The van der Waals surface area contributed by atoms with Crippen LogP contribution in [-0.2, 0) is 16.8 Å². The highest BCUT2D eigenvalue weighted by molar-refractivity contribution is 6.30. The molecule has 0 fully saturated rings. The molecule has 6 nitrogen and oxygen atoms in total. The van der Waals surface area contributed by atoms with Crippen molar-refractivity contribution in [2.24, 2.45) is 0 Å². The van der Waals surface area contributed by atoms with E-state index in [0.717, 1.165) is 33.6 Å². The van der Waals surface area contributed by atoms with E-state index in [2.05, 4.69) is 11.4 Å². The fourth-order valence-corrected chi connectivity index (χ4v) is 6.89. The van der Waals surface area contributed by atoms with E-state index in [9.17, 15) is 5.26 Å². The SMILES string of the molecule is N#CC1=C(c2ccc(Cl)cc2)Nc2c(c(-c3ccccc3)nn2-c2ccccc2)C12C(=O)N(Cc1ccccc1)c1ccccc12. The van der Waals surface area contributed by atoms with Gasteiger partial charge in [0.15, 0.2) is 0 Å². The summed E-state index contributed by atoms with van der Waals surface area (Å²) in [6, 6.07) is 47.2. The molecule has 0 radical (unpaired) electrons. The van der Waals surface area contributed by atoms with Gasteiger partial charge in [-0.3, -0.25) is 4.79 Å². The molecule has 1 unspecified atom stereocenters. The summed E-state index contributed by atoms with van der Waals surface area (Å²) in [5.74, 6) is 0.423. The molecular formula is C39H26ClN5O. The number of nitrogens with zero attached hydrogens (tertiary/aromatic N) is 4. The van der Waals surface area contributed by atoms with E-state index in [1.54, 1.807) is 12.1 Å². The van der Waals surface area contributed by atoms with Gasteiger partial charge in [-0.1, -0.05) is 121 Å². The van der Waals surface area contributed by atoms with Gasteiger partial charge in [0.25, 0.3) is 0 Å². The number of hydrogen-bond donors (Lipinski definition) is 1. The third-order valence-electron chi connectivity index (χ3n) is 8.77. The van der Waals surface area contributed by atoms with Crippen LogP contribution in [0.15, 0.2) is 145 Å². The summed E-state index contributed by atoms with van der Waals surface area (Å²) in [6.07, 6.45) is 0. The molecule has 1 N–H and O–H groups in total. The van der Waals surface area contributed by atoms with Crippen molar-refractivity contribution in [3.05, 3.63) is 172 Å².